The summed E-state index contributed by atoms with van der Waals surface area (Å²) < 4.78 is 28.7. The Morgan fingerprint density at radius 2 is 1.76 bits per heavy atom. The fourth-order valence-corrected chi connectivity index (χ4v) is 4.61. The second-order valence-electron chi connectivity index (χ2n) is 5.72. The molecule has 1 heterocycles. The maximum atomic E-state index is 12.7. The lowest BCUT2D eigenvalue weighted by atomic mass is 10.2. The molecule has 2 N–H and O–H groups in total. The molecule has 0 fully saturated rings. The van der Waals surface area contributed by atoms with Crippen molar-refractivity contribution in [3.05, 3.63) is 47.5 Å². The van der Waals surface area contributed by atoms with Gasteiger partial charge in [0, 0.05) is 6.92 Å². The number of carbonyl (C=O) groups is 1. The number of aryl methyl sites for hydroxylation is 2. The molecule has 1 aromatic heterocycles. The number of thiazole rings is 1. The number of benzene rings is 2. The van der Waals surface area contributed by atoms with Crippen LogP contribution in [0, 0.1) is 13.8 Å². The molecule has 0 aliphatic carbocycles. The lowest BCUT2D eigenvalue weighted by molar-refractivity contribution is -0.114. The average Bonchev–Trinajstić information content (AvgIpc) is 2.92. The van der Waals surface area contributed by atoms with Gasteiger partial charge in [-0.1, -0.05) is 35.1 Å². The quantitative estimate of drug-likeness (QED) is 0.728. The Kier molecular flexibility index (Phi) is 4.49. The zero-order valence-corrected chi connectivity index (χ0v) is 15.6. The second kappa shape index (κ2) is 6.45. The zero-order chi connectivity index (χ0) is 18.2. The van der Waals surface area contributed by atoms with E-state index in [0.29, 0.717) is 21.0 Å². The maximum absolute atomic E-state index is 12.7. The molecule has 0 aliphatic heterocycles. The number of fused-ring (bicyclic) bond motifs is 1. The van der Waals surface area contributed by atoms with Crippen molar-refractivity contribution >= 4 is 48.3 Å². The predicted molar refractivity (Wildman–Crippen MR) is 101 cm³/mol. The van der Waals surface area contributed by atoms with Crippen molar-refractivity contribution in [2.75, 3.05) is 10.0 Å². The van der Waals surface area contributed by atoms with Gasteiger partial charge in [-0.25, -0.2) is 13.4 Å². The third kappa shape index (κ3) is 3.64. The van der Waals surface area contributed by atoms with Crippen LogP contribution in [0.25, 0.3) is 10.2 Å². The Morgan fingerprint density at radius 3 is 2.40 bits per heavy atom. The lowest BCUT2D eigenvalue weighted by Crippen LogP contribution is -2.13. The van der Waals surface area contributed by atoms with Crippen molar-refractivity contribution in [2.24, 2.45) is 0 Å². The van der Waals surface area contributed by atoms with Gasteiger partial charge in [-0.05, 0) is 37.6 Å². The van der Waals surface area contributed by atoms with Crippen molar-refractivity contribution < 1.29 is 13.2 Å². The Labute approximate surface area is 150 Å². The van der Waals surface area contributed by atoms with Crippen LogP contribution >= 0.6 is 11.3 Å². The summed E-state index contributed by atoms with van der Waals surface area (Å²) in [4.78, 5) is 15.7. The van der Waals surface area contributed by atoms with Gasteiger partial charge >= 0.3 is 0 Å². The molecule has 6 nitrogen and oxygen atoms in total. The van der Waals surface area contributed by atoms with E-state index in [-0.39, 0.29) is 10.8 Å². The van der Waals surface area contributed by atoms with E-state index in [4.69, 9.17) is 0 Å². The lowest BCUT2D eigenvalue weighted by Gasteiger charge is -2.11. The third-order valence-electron chi connectivity index (χ3n) is 3.62. The first-order valence-corrected chi connectivity index (χ1v) is 9.83. The van der Waals surface area contributed by atoms with Gasteiger partial charge in [0.2, 0.25) is 5.91 Å². The minimum Gasteiger partial charge on any atom is -0.302 e. The highest BCUT2D eigenvalue weighted by atomic mass is 32.2. The summed E-state index contributed by atoms with van der Waals surface area (Å²) in [6.45, 7) is 5.12. The number of anilines is 2. The van der Waals surface area contributed by atoms with Gasteiger partial charge in [0.25, 0.3) is 10.0 Å². The first-order chi connectivity index (χ1) is 11.8. The number of sulfonamides is 1. The summed E-state index contributed by atoms with van der Waals surface area (Å²) in [5.41, 5.74) is 2.87. The molecule has 0 spiro atoms. The standard InChI is InChI=1S/C17H17N3O3S2/c1-10-4-7-13(8-5-10)25(22,23)20-15-11(2)6-9-14-16(15)24-17(19-14)18-12(3)21/h4-9,20H,1-3H3,(H,18,19,21). The first kappa shape index (κ1) is 17.4. The number of nitrogens with one attached hydrogen (secondary N) is 2. The molecule has 130 valence electrons. The third-order valence-corrected chi connectivity index (χ3v) is 5.99. The van der Waals surface area contributed by atoms with Crippen LogP contribution in [0.1, 0.15) is 18.1 Å². The summed E-state index contributed by atoms with van der Waals surface area (Å²) in [6, 6.07) is 10.3. The number of aromatic nitrogens is 1. The van der Waals surface area contributed by atoms with Gasteiger partial charge in [-0.15, -0.1) is 0 Å². The smallest absolute Gasteiger partial charge is 0.261 e. The minimum atomic E-state index is -3.72. The van der Waals surface area contributed by atoms with Crippen molar-refractivity contribution in [3.63, 3.8) is 0 Å². The first-order valence-electron chi connectivity index (χ1n) is 7.53. The van der Waals surface area contributed by atoms with Crippen molar-refractivity contribution in [1.29, 1.82) is 0 Å². The number of amides is 1. The zero-order valence-electron chi connectivity index (χ0n) is 14.0. The molecular formula is C17H17N3O3S2. The summed E-state index contributed by atoms with van der Waals surface area (Å²) in [5, 5.41) is 3.07. The molecule has 25 heavy (non-hydrogen) atoms. The predicted octanol–water partition coefficient (Wildman–Crippen LogP) is 3.67. The number of hydrogen-bond donors (Lipinski definition) is 2. The molecule has 0 aliphatic rings. The van der Waals surface area contributed by atoms with Crippen molar-refractivity contribution in [2.45, 2.75) is 25.7 Å². The van der Waals surface area contributed by atoms with E-state index >= 15 is 0 Å². The summed E-state index contributed by atoms with van der Waals surface area (Å²) in [6.07, 6.45) is 0. The van der Waals surface area contributed by atoms with Crippen LogP contribution in [0.2, 0.25) is 0 Å². The fourth-order valence-electron chi connectivity index (χ4n) is 2.33. The number of nitrogens with zero attached hydrogens (tertiary/aromatic N) is 1. The second-order valence-corrected chi connectivity index (χ2v) is 8.41. The maximum Gasteiger partial charge on any atom is 0.261 e. The van der Waals surface area contributed by atoms with Gasteiger partial charge < -0.3 is 5.32 Å². The topological polar surface area (TPSA) is 88.2 Å². The molecular weight excluding hydrogens is 358 g/mol. The van der Waals surface area contributed by atoms with Gasteiger partial charge in [0.05, 0.1) is 20.8 Å². The van der Waals surface area contributed by atoms with Crippen LogP contribution in [-0.4, -0.2) is 19.3 Å². The van der Waals surface area contributed by atoms with E-state index in [0.717, 1.165) is 11.1 Å². The Morgan fingerprint density at radius 1 is 1.08 bits per heavy atom. The molecule has 0 bridgehead atoms. The molecule has 0 atom stereocenters. The normalized spacial score (nSPS) is 11.5. The van der Waals surface area contributed by atoms with Crippen LogP contribution in [-0.2, 0) is 14.8 Å². The molecule has 0 unspecified atom stereocenters. The van der Waals surface area contributed by atoms with E-state index in [1.54, 1.807) is 36.4 Å². The highest BCUT2D eigenvalue weighted by molar-refractivity contribution is 7.92. The van der Waals surface area contributed by atoms with E-state index in [2.05, 4.69) is 15.0 Å². The van der Waals surface area contributed by atoms with E-state index in [9.17, 15) is 13.2 Å². The Bertz CT molecular complexity index is 1050. The molecule has 8 heteroatoms. The highest BCUT2D eigenvalue weighted by Gasteiger charge is 2.19. The number of rotatable bonds is 4. The van der Waals surface area contributed by atoms with Crippen molar-refractivity contribution in [3.8, 4) is 0 Å². The molecule has 3 rings (SSSR count). The number of carbonyl (C=O) groups excluding carboxylic acids is 1. The van der Waals surface area contributed by atoms with Gasteiger partial charge in [0.15, 0.2) is 5.13 Å². The monoisotopic (exact) mass is 375 g/mol. The SMILES string of the molecule is CC(=O)Nc1nc2ccc(C)c(NS(=O)(=O)c3ccc(C)cc3)c2s1. The molecule has 2 aromatic carbocycles. The van der Waals surface area contributed by atoms with E-state index in [1.165, 1.54) is 18.3 Å². The number of hydrogen-bond acceptors (Lipinski definition) is 5. The highest BCUT2D eigenvalue weighted by Crippen LogP contribution is 2.35. The van der Waals surface area contributed by atoms with Crippen LogP contribution in [0.4, 0.5) is 10.8 Å². The largest absolute Gasteiger partial charge is 0.302 e. The molecule has 0 radical (unpaired) electrons. The summed E-state index contributed by atoms with van der Waals surface area (Å²) in [7, 11) is -3.72. The van der Waals surface area contributed by atoms with Crippen LogP contribution < -0.4 is 10.0 Å². The van der Waals surface area contributed by atoms with Gasteiger partial charge in [-0.3, -0.25) is 9.52 Å². The van der Waals surface area contributed by atoms with Gasteiger partial charge in [0.1, 0.15) is 0 Å². The summed E-state index contributed by atoms with van der Waals surface area (Å²) >= 11 is 1.23. The molecule has 1 amide bonds. The van der Waals surface area contributed by atoms with E-state index < -0.39 is 10.0 Å². The Hall–Kier alpha value is -2.45. The fraction of sp³-hybridized carbons (Fsp3) is 0.176. The van der Waals surface area contributed by atoms with Crippen molar-refractivity contribution in [1.82, 2.24) is 4.98 Å². The summed E-state index contributed by atoms with van der Waals surface area (Å²) in [5.74, 6) is -0.224. The van der Waals surface area contributed by atoms with E-state index in [1.807, 2.05) is 13.8 Å². The minimum absolute atomic E-state index is 0.195. The van der Waals surface area contributed by atoms with Crippen LogP contribution in [0.15, 0.2) is 41.3 Å². The van der Waals surface area contributed by atoms with Crippen LogP contribution in [0.5, 0.6) is 0 Å². The Balaban J connectivity index is 2.05. The average molecular weight is 375 g/mol. The van der Waals surface area contributed by atoms with Gasteiger partial charge in [-0.2, -0.15) is 0 Å². The van der Waals surface area contributed by atoms with Crippen LogP contribution in [0.3, 0.4) is 0 Å². The molecule has 0 saturated heterocycles. The molecule has 3 aromatic rings. The molecule has 0 saturated carbocycles.